The first-order valence-corrected chi connectivity index (χ1v) is 13.1. The highest BCUT2D eigenvalue weighted by Crippen LogP contribution is 2.32. The Balaban J connectivity index is 1.38. The van der Waals surface area contributed by atoms with E-state index in [-0.39, 0.29) is 5.91 Å². The number of aryl methyl sites for hydroxylation is 1. The molecule has 2 N–H and O–H groups in total. The zero-order valence-electron chi connectivity index (χ0n) is 21.6. The first-order chi connectivity index (χ1) is 19.1. The normalized spacial score (nSPS) is 13.8. The third-order valence-corrected chi connectivity index (χ3v) is 7.09. The van der Waals surface area contributed by atoms with Crippen molar-refractivity contribution in [3.05, 3.63) is 59.4 Å². The Morgan fingerprint density at radius 2 is 1.97 bits per heavy atom. The molecule has 1 aromatic carbocycles. The molecule has 0 bridgehead atoms. The first-order valence-electron chi connectivity index (χ1n) is 12.7. The number of rotatable bonds is 8. The lowest BCUT2D eigenvalue weighted by Gasteiger charge is -2.14. The van der Waals surface area contributed by atoms with E-state index in [1.165, 1.54) is 0 Å². The van der Waals surface area contributed by atoms with Gasteiger partial charge in [0.05, 0.1) is 23.7 Å². The number of nitrogens with one attached hydrogen (secondary N) is 2. The molecule has 1 aliphatic heterocycles. The van der Waals surface area contributed by atoms with Crippen molar-refractivity contribution in [3.63, 3.8) is 0 Å². The van der Waals surface area contributed by atoms with Gasteiger partial charge in [-0.25, -0.2) is 19.7 Å². The van der Waals surface area contributed by atoms with Gasteiger partial charge >= 0.3 is 0 Å². The number of halogens is 1. The number of hydrazine groups is 1. The third-order valence-electron chi connectivity index (χ3n) is 6.79. The third kappa shape index (κ3) is 4.72. The van der Waals surface area contributed by atoms with Crippen LogP contribution in [0.15, 0.2) is 43.1 Å². The second-order valence-electron chi connectivity index (χ2n) is 9.24. The van der Waals surface area contributed by atoms with E-state index in [9.17, 15) is 4.79 Å². The molecule has 200 valence electrons. The van der Waals surface area contributed by atoms with Gasteiger partial charge < -0.3 is 10.1 Å². The van der Waals surface area contributed by atoms with Crippen molar-refractivity contribution in [3.8, 4) is 11.6 Å². The van der Waals surface area contributed by atoms with E-state index in [1.807, 2.05) is 34.8 Å². The molecule has 1 aliphatic rings. The van der Waals surface area contributed by atoms with Gasteiger partial charge in [0.1, 0.15) is 17.8 Å². The van der Waals surface area contributed by atoms with Crippen LogP contribution in [0.3, 0.4) is 0 Å². The van der Waals surface area contributed by atoms with Crippen LogP contribution in [0.25, 0.3) is 27.6 Å². The average Bonchev–Trinajstić information content (AvgIpc) is 3.72. The molecule has 1 saturated heterocycles. The van der Waals surface area contributed by atoms with Crippen LogP contribution in [0.2, 0.25) is 5.02 Å². The van der Waals surface area contributed by atoms with Crippen LogP contribution in [0.4, 0.5) is 5.82 Å². The maximum Gasteiger partial charge on any atom is 0.285 e. The number of amides is 1. The number of methoxy groups -OCH3 is 1. The number of hydrogen-bond acceptors (Lipinski definition) is 9. The number of imidazole rings is 1. The van der Waals surface area contributed by atoms with Gasteiger partial charge in [-0.05, 0) is 37.5 Å². The molecule has 0 spiro atoms. The molecule has 5 heterocycles. The van der Waals surface area contributed by atoms with E-state index in [4.69, 9.17) is 16.3 Å². The minimum atomic E-state index is -0.255. The Labute approximate surface area is 228 Å². The Hall–Kier alpha value is -4.29. The van der Waals surface area contributed by atoms with Gasteiger partial charge in [-0.3, -0.25) is 14.8 Å². The molecule has 39 heavy (non-hydrogen) atoms. The molecule has 13 heteroatoms. The number of anilines is 1. The average molecular weight is 547 g/mol. The van der Waals surface area contributed by atoms with Gasteiger partial charge in [0, 0.05) is 49.3 Å². The smallest absolute Gasteiger partial charge is 0.285 e. The summed E-state index contributed by atoms with van der Waals surface area (Å²) in [5, 5.41) is 21.8. The number of fused-ring (bicyclic) bond motifs is 3. The van der Waals surface area contributed by atoms with Crippen LogP contribution in [0.5, 0.6) is 5.75 Å². The molecule has 1 amide bonds. The van der Waals surface area contributed by atoms with Crippen molar-refractivity contribution in [1.82, 2.24) is 44.9 Å². The highest BCUT2D eigenvalue weighted by atomic mass is 35.5. The summed E-state index contributed by atoms with van der Waals surface area (Å²) >= 11 is 6.32. The SMILES string of the molecule is CCn1ncc2c3c(NCc4ccc(OC)c(Cl)c4)nnc(-n4cnc(C(=O)NN5CCCC5)c4)c3cnc21. The van der Waals surface area contributed by atoms with Crippen molar-refractivity contribution in [2.75, 3.05) is 25.5 Å². The zero-order chi connectivity index (χ0) is 26.9. The predicted octanol–water partition coefficient (Wildman–Crippen LogP) is 3.59. The van der Waals surface area contributed by atoms with Crippen LogP contribution in [0.1, 0.15) is 35.8 Å². The van der Waals surface area contributed by atoms with E-state index in [0.717, 1.165) is 53.3 Å². The monoisotopic (exact) mass is 546 g/mol. The lowest BCUT2D eigenvalue weighted by molar-refractivity contribution is 0.0821. The van der Waals surface area contributed by atoms with E-state index in [2.05, 4.69) is 36.0 Å². The predicted molar refractivity (Wildman–Crippen MR) is 147 cm³/mol. The summed E-state index contributed by atoms with van der Waals surface area (Å²) in [6.07, 6.45) is 8.90. The van der Waals surface area contributed by atoms with E-state index >= 15 is 0 Å². The van der Waals surface area contributed by atoms with E-state index < -0.39 is 0 Å². The molecule has 0 radical (unpaired) electrons. The maximum absolute atomic E-state index is 12.7. The fourth-order valence-corrected chi connectivity index (χ4v) is 5.07. The Kier molecular flexibility index (Phi) is 6.71. The molecule has 12 nitrogen and oxygen atoms in total. The molecular weight excluding hydrogens is 520 g/mol. The molecule has 0 aliphatic carbocycles. The maximum atomic E-state index is 12.7. The molecule has 6 rings (SSSR count). The summed E-state index contributed by atoms with van der Waals surface area (Å²) in [4.78, 5) is 21.7. The highest BCUT2D eigenvalue weighted by Gasteiger charge is 2.20. The fourth-order valence-electron chi connectivity index (χ4n) is 4.79. The fraction of sp³-hybridized carbons (Fsp3) is 0.308. The van der Waals surface area contributed by atoms with Crippen molar-refractivity contribution in [2.24, 2.45) is 0 Å². The molecule has 0 saturated carbocycles. The molecule has 5 aromatic rings. The second kappa shape index (κ2) is 10.5. The summed E-state index contributed by atoms with van der Waals surface area (Å²) in [6, 6.07) is 5.62. The largest absolute Gasteiger partial charge is 0.495 e. The molecule has 0 atom stereocenters. The van der Waals surface area contributed by atoms with Gasteiger partial charge in [0.2, 0.25) is 0 Å². The van der Waals surface area contributed by atoms with Crippen LogP contribution in [-0.4, -0.2) is 65.6 Å². The summed E-state index contributed by atoms with van der Waals surface area (Å²) in [7, 11) is 1.58. The number of carbonyl (C=O) groups is 1. The highest BCUT2D eigenvalue weighted by molar-refractivity contribution is 6.32. The zero-order valence-corrected chi connectivity index (χ0v) is 22.3. The van der Waals surface area contributed by atoms with Crippen molar-refractivity contribution in [2.45, 2.75) is 32.9 Å². The first kappa shape index (κ1) is 25.0. The van der Waals surface area contributed by atoms with Gasteiger partial charge in [-0.2, -0.15) is 5.10 Å². The Bertz CT molecular complexity index is 1670. The Morgan fingerprint density at radius 1 is 1.13 bits per heavy atom. The van der Waals surface area contributed by atoms with Crippen molar-refractivity contribution < 1.29 is 9.53 Å². The number of carbonyl (C=O) groups excluding carboxylic acids is 1. The summed E-state index contributed by atoms with van der Waals surface area (Å²) in [5.41, 5.74) is 4.91. The topological polar surface area (TPSA) is 128 Å². The standard InChI is InChI=1S/C26H27ClN10O2/c1-3-37-24-18(13-31-37)22-17(12-29-24)25(35-14-20(30-15-35)26(38)34-36-8-4-5-9-36)33-32-23(22)28-11-16-6-7-21(39-2)19(27)10-16/h6-7,10,12-15H,3-5,8-9,11H2,1-2H3,(H,28,32)(H,34,38). The van der Waals surface area contributed by atoms with Crippen LogP contribution in [0, 0.1) is 0 Å². The molecule has 0 unspecified atom stereocenters. The summed E-state index contributed by atoms with van der Waals surface area (Å²) in [6.45, 7) is 4.84. The lowest BCUT2D eigenvalue weighted by Crippen LogP contribution is -2.40. The molecule has 4 aromatic heterocycles. The lowest BCUT2D eigenvalue weighted by atomic mass is 10.1. The Morgan fingerprint density at radius 3 is 2.74 bits per heavy atom. The second-order valence-corrected chi connectivity index (χ2v) is 9.65. The van der Waals surface area contributed by atoms with Crippen molar-refractivity contribution >= 4 is 45.1 Å². The number of hydrogen-bond donors (Lipinski definition) is 2. The molecular formula is C26H27ClN10O2. The van der Waals surface area contributed by atoms with Gasteiger partial charge in [-0.1, -0.05) is 17.7 Å². The quantitative estimate of drug-likeness (QED) is 0.300. The minimum Gasteiger partial charge on any atom is -0.495 e. The van der Waals surface area contributed by atoms with Gasteiger partial charge in [0.25, 0.3) is 5.91 Å². The molecule has 1 fully saturated rings. The number of nitrogens with zero attached hydrogens (tertiary/aromatic N) is 8. The number of aromatic nitrogens is 7. The number of benzene rings is 1. The van der Waals surface area contributed by atoms with Crippen LogP contribution in [-0.2, 0) is 13.1 Å². The van der Waals surface area contributed by atoms with Crippen LogP contribution < -0.4 is 15.5 Å². The van der Waals surface area contributed by atoms with E-state index in [1.54, 1.807) is 36.6 Å². The summed E-state index contributed by atoms with van der Waals surface area (Å²) < 4.78 is 8.79. The van der Waals surface area contributed by atoms with Crippen LogP contribution >= 0.6 is 11.6 Å². The minimum absolute atomic E-state index is 0.255. The number of pyridine rings is 1. The number of ether oxygens (including phenoxy) is 1. The summed E-state index contributed by atoms with van der Waals surface area (Å²) in [5.74, 6) is 1.45. The van der Waals surface area contributed by atoms with Gasteiger partial charge in [-0.15, -0.1) is 10.2 Å². The van der Waals surface area contributed by atoms with E-state index in [0.29, 0.717) is 41.2 Å². The van der Waals surface area contributed by atoms with Crippen molar-refractivity contribution in [1.29, 1.82) is 0 Å². The van der Waals surface area contributed by atoms with Gasteiger partial charge in [0.15, 0.2) is 17.3 Å².